The van der Waals surface area contributed by atoms with Crippen molar-refractivity contribution in [3.63, 3.8) is 0 Å². The van der Waals surface area contributed by atoms with Crippen molar-refractivity contribution in [3.05, 3.63) is 97.2 Å². The summed E-state index contributed by atoms with van der Waals surface area (Å²) in [5, 5.41) is 21.7. The second-order valence-electron chi connectivity index (χ2n) is 12.3. The highest BCUT2D eigenvalue weighted by Gasteiger charge is 2.28. The minimum Gasteiger partial charge on any atom is -0.480 e. The van der Waals surface area contributed by atoms with Crippen molar-refractivity contribution >= 4 is 25.7 Å². The molecule has 0 saturated carbocycles. The number of allylic oxidation sites excluding steroid dienone is 16. The lowest BCUT2D eigenvalue weighted by molar-refractivity contribution is -0.147. The predicted molar refractivity (Wildman–Crippen MR) is 217 cm³/mol. The van der Waals surface area contributed by atoms with Gasteiger partial charge in [0.15, 0.2) is 6.04 Å². The van der Waals surface area contributed by atoms with E-state index in [1.807, 2.05) is 12.2 Å². The van der Waals surface area contributed by atoms with Crippen LogP contribution in [0.4, 0.5) is 0 Å². The maximum Gasteiger partial charge on any atom is 0.472 e. The number of phosphoric ester groups is 1. The number of aliphatic carboxylic acids is 1. The van der Waals surface area contributed by atoms with E-state index in [0.29, 0.717) is 19.3 Å². The van der Waals surface area contributed by atoms with Crippen LogP contribution < -0.4 is 5.32 Å². The Morgan fingerprint density at radius 1 is 0.593 bits per heavy atom. The van der Waals surface area contributed by atoms with Crippen LogP contribution in [0.1, 0.15) is 117 Å². The van der Waals surface area contributed by atoms with Crippen molar-refractivity contribution in [1.82, 2.24) is 5.32 Å². The first-order valence-corrected chi connectivity index (χ1v) is 20.8. The van der Waals surface area contributed by atoms with Gasteiger partial charge in [0.1, 0.15) is 12.7 Å². The average Bonchev–Trinajstić information content (AvgIpc) is 3.14. The highest BCUT2D eigenvalue weighted by molar-refractivity contribution is 7.47. The SMILES string of the molecule is CC/C=C\C/C=C\C/C=C\C/C=C\C/C=C\CCCC(=O)NC(COP(=O)(O)OCC(O)COC(=O)CCCCC/C=C\C/C=C\C/C=C\CC)C(=O)O. The second-order valence-corrected chi connectivity index (χ2v) is 13.8. The summed E-state index contributed by atoms with van der Waals surface area (Å²) in [7, 11) is -4.78. The predicted octanol–water partition coefficient (Wildman–Crippen LogP) is 9.32. The van der Waals surface area contributed by atoms with E-state index in [4.69, 9.17) is 13.8 Å². The van der Waals surface area contributed by atoms with Crippen molar-refractivity contribution in [2.75, 3.05) is 19.8 Å². The number of phosphoric acid groups is 1. The average molecular weight is 776 g/mol. The molecule has 11 nitrogen and oxygen atoms in total. The summed E-state index contributed by atoms with van der Waals surface area (Å²) in [5.41, 5.74) is 0. The number of amides is 1. The molecule has 0 bridgehead atoms. The molecule has 304 valence electrons. The molecule has 4 N–H and O–H groups in total. The summed E-state index contributed by atoms with van der Waals surface area (Å²) in [6, 6.07) is -1.59. The van der Waals surface area contributed by atoms with Gasteiger partial charge in [0.05, 0.1) is 13.2 Å². The first-order chi connectivity index (χ1) is 26.1. The lowest BCUT2D eigenvalue weighted by atomic mass is 10.1. The van der Waals surface area contributed by atoms with Crippen LogP contribution in [0.3, 0.4) is 0 Å². The molecule has 0 saturated heterocycles. The van der Waals surface area contributed by atoms with E-state index in [9.17, 15) is 34.1 Å². The molecule has 54 heavy (non-hydrogen) atoms. The third kappa shape index (κ3) is 35.4. The standard InChI is InChI=1S/C42H66NO10P/c1-3-5-7-9-11-13-15-17-18-19-20-22-23-25-27-29-31-33-40(45)43-39(42(47)48)37-53-54(49,50)52-36-38(44)35-51-41(46)34-32-30-28-26-24-21-16-14-12-10-8-6-4-2/h5-8,11-14,17-18,20-22,24-25,27,38-39,44H,3-4,9-10,15-16,19,23,26,28-37H2,1-2H3,(H,43,45)(H,47,48)(H,49,50)/b7-5-,8-6-,13-11-,14-12-,18-17-,22-20-,24-21-,27-25-. The number of aliphatic hydroxyl groups excluding tert-OH is 1. The summed E-state index contributed by atoms with van der Waals surface area (Å²) in [5.74, 6) is -2.51. The third-order valence-electron chi connectivity index (χ3n) is 7.37. The number of ether oxygens (including phenoxy) is 1. The molecule has 0 fully saturated rings. The van der Waals surface area contributed by atoms with Crippen LogP contribution in [-0.2, 0) is 32.7 Å². The molecule has 0 aromatic heterocycles. The highest BCUT2D eigenvalue weighted by Crippen LogP contribution is 2.43. The van der Waals surface area contributed by atoms with Gasteiger partial charge in [-0.3, -0.25) is 18.6 Å². The molecular weight excluding hydrogens is 709 g/mol. The number of carbonyl (C=O) groups excluding carboxylic acids is 2. The fraction of sp³-hybridized carbons (Fsp3) is 0.548. The van der Waals surface area contributed by atoms with Crippen LogP contribution in [0.25, 0.3) is 0 Å². The first kappa shape index (κ1) is 50.4. The van der Waals surface area contributed by atoms with Gasteiger partial charge in [-0.15, -0.1) is 0 Å². The molecule has 0 aromatic rings. The number of aliphatic hydroxyl groups is 1. The number of carbonyl (C=O) groups is 3. The minimum atomic E-state index is -4.78. The van der Waals surface area contributed by atoms with E-state index in [1.54, 1.807) is 0 Å². The number of esters is 1. The number of carboxylic acids is 1. The Bertz CT molecular complexity index is 1280. The van der Waals surface area contributed by atoms with Gasteiger partial charge in [0, 0.05) is 12.8 Å². The van der Waals surface area contributed by atoms with E-state index in [-0.39, 0.29) is 12.8 Å². The second kappa shape index (κ2) is 36.4. The number of hydrogen-bond donors (Lipinski definition) is 4. The van der Waals surface area contributed by atoms with Crippen LogP contribution in [0.5, 0.6) is 0 Å². The number of unbranched alkanes of at least 4 members (excludes halogenated alkanes) is 4. The van der Waals surface area contributed by atoms with E-state index < -0.39 is 57.6 Å². The Hall–Kier alpha value is -3.60. The number of hydrogen-bond acceptors (Lipinski definition) is 8. The topological polar surface area (TPSA) is 169 Å². The summed E-state index contributed by atoms with van der Waals surface area (Å²) in [4.78, 5) is 45.7. The van der Waals surface area contributed by atoms with Gasteiger partial charge in [-0.2, -0.15) is 0 Å². The van der Waals surface area contributed by atoms with Gasteiger partial charge < -0.3 is 25.2 Å². The van der Waals surface area contributed by atoms with Gasteiger partial charge in [0.2, 0.25) is 5.91 Å². The van der Waals surface area contributed by atoms with Crippen LogP contribution in [0.15, 0.2) is 97.2 Å². The molecule has 3 unspecified atom stereocenters. The normalized spacial score (nSPS) is 14.9. The van der Waals surface area contributed by atoms with E-state index in [0.717, 1.165) is 70.6 Å². The van der Waals surface area contributed by atoms with Crippen molar-refractivity contribution < 1.29 is 47.8 Å². The number of carboxylic acid groups (broad SMARTS) is 1. The molecule has 1 amide bonds. The lowest BCUT2D eigenvalue weighted by Gasteiger charge is -2.18. The van der Waals surface area contributed by atoms with Crippen molar-refractivity contribution in [3.8, 4) is 0 Å². The Balaban J connectivity index is 4.11. The van der Waals surface area contributed by atoms with E-state index in [2.05, 4.69) is 104 Å². The van der Waals surface area contributed by atoms with Crippen LogP contribution in [0, 0.1) is 0 Å². The molecule has 0 aliphatic carbocycles. The number of rotatable bonds is 34. The van der Waals surface area contributed by atoms with Gasteiger partial charge in [-0.1, -0.05) is 117 Å². The zero-order chi connectivity index (χ0) is 40.0. The van der Waals surface area contributed by atoms with E-state index >= 15 is 0 Å². The van der Waals surface area contributed by atoms with Gasteiger partial charge in [-0.25, -0.2) is 9.36 Å². The summed E-state index contributed by atoms with van der Waals surface area (Å²) in [6.07, 6.45) is 44.5. The Morgan fingerprint density at radius 2 is 1.04 bits per heavy atom. The molecule has 0 aromatic carbocycles. The van der Waals surface area contributed by atoms with Crippen LogP contribution in [0.2, 0.25) is 0 Å². The quantitative estimate of drug-likeness (QED) is 0.0214. The first-order valence-electron chi connectivity index (χ1n) is 19.3. The maximum absolute atomic E-state index is 12.3. The van der Waals surface area contributed by atoms with Gasteiger partial charge >= 0.3 is 19.8 Å². The summed E-state index contributed by atoms with van der Waals surface area (Å²) in [6.45, 7) is 2.25. The molecule has 0 spiro atoms. The Kier molecular flexibility index (Phi) is 34.0. The zero-order valence-electron chi connectivity index (χ0n) is 32.5. The fourth-order valence-corrected chi connectivity index (χ4v) is 5.19. The fourth-order valence-electron chi connectivity index (χ4n) is 4.42. The molecule has 0 radical (unpaired) electrons. The monoisotopic (exact) mass is 775 g/mol. The Morgan fingerprint density at radius 3 is 1.52 bits per heavy atom. The van der Waals surface area contributed by atoms with Crippen LogP contribution >= 0.6 is 7.82 Å². The highest BCUT2D eigenvalue weighted by atomic mass is 31.2. The van der Waals surface area contributed by atoms with Gasteiger partial charge in [0.25, 0.3) is 0 Å². The number of nitrogens with one attached hydrogen (secondary N) is 1. The Labute approximate surface area is 323 Å². The van der Waals surface area contributed by atoms with E-state index in [1.165, 1.54) is 0 Å². The summed E-state index contributed by atoms with van der Waals surface area (Å²) >= 11 is 0. The molecule has 0 rings (SSSR count). The largest absolute Gasteiger partial charge is 0.480 e. The van der Waals surface area contributed by atoms with Crippen LogP contribution in [-0.4, -0.2) is 64.9 Å². The summed E-state index contributed by atoms with van der Waals surface area (Å²) < 4.78 is 26.7. The maximum atomic E-state index is 12.3. The molecule has 0 aliphatic heterocycles. The molecule has 0 heterocycles. The zero-order valence-corrected chi connectivity index (χ0v) is 33.4. The molecular formula is C42H66NO10P. The smallest absolute Gasteiger partial charge is 0.472 e. The van der Waals surface area contributed by atoms with Gasteiger partial charge in [-0.05, 0) is 83.5 Å². The third-order valence-corrected chi connectivity index (χ3v) is 8.32. The van der Waals surface area contributed by atoms with Crippen molar-refractivity contribution in [2.45, 2.75) is 129 Å². The van der Waals surface area contributed by atoms with Crippen molar-refractivity contribution in [1.29, 1.82) is 0 Å². The molecule has 0 aliphatic rings. The molecule has 12 heteroatoms. The minimum absolute atomic E-state index is 0.0590. The van der Waals surface area contributed by atoms with Crippen molar-refractivity contribution in [2.24, 2.45) is 0 Å². The molecule has 3 atom stereocenters. The lowest BCUT2D eigenvalue weighted by Crippen LogP contribution is -2.43.